The van der Waals surface area contributed by atoms with Crippen molar-refractivity contribution >= 4 is 17.4 Å². The monoisotopic (exact) mass is 309 g/mol. The van der Waals surface area contributed by atoms with Crippen molar-refractivity contribution in [1.82, 2.24) is 14.9 Å². The summed E-state index contributed by atoms with van der Waals surface area (Å²) in [6.07, 6.45) is 1.78. The van der Waals surface area contributed by atoms with Crippen LogP contribution in [0.2, 0.25) is 0 Å². The molecule has 3 aromatic rings. The fourth-order valence-corrected chi connectivity index (χ4v) is 2.32. The zero-order chi connectivity index (χ0) is 16.4. The smallest absolute Gasteiger partial charge is 0.335 e. The average molecular weight is 309 g/mol. The highest BCUT2D eigenvalue weighted by atomic mass is 16.4. The molecule has 0 aliphatic rings. The lowest BCUT2D eigenvalue weighted by molar-refractivity contribution is 0.0696. The second kappa shape index (κ2) is 5.92. The number of fused-ring (bicyclic) bond motifs is 1. The molecule has 3 rings (SSSR count). The highest BCUT2D eigenvalue weighted by Gasteiger charge is 2.15. The van der Waals surface area contributed by atoms with Crippen LogP contribution in [0.25, 0.3) is 5.52 Å². The summed E-state index contributed by atoms with van der Waals surface area (Å²) < 4.78 is 1.64. The standard InChI is InChI=1S/C17H15N3O3/c1-11(12-5-7-13(8-6-12)17(22)23)18-16(21)15-10-14-4-2-3-9-20(14)19-15/h2-11H,1H3,(H,18,21)(H,22,23). The van der Waals surface area contributed by atoms with Gasteiger partial charge in [0.25, 0.3) is 5.91 Å². The van der Waals surface area contributed by atoms with E-state index in [1.54, 1.807) is 28.9 Å². The second-order valence-electron chi connectivity index (χ2n) is 5.22. The van der Waals surface area contributed by atoms with E-state index < -0.39 is 5.97 Å². The van der Waals surface area contributed by atoms with E-state index in [0.29, 0.717) is 5.69 Å². The number of nitrogens with zero attached hydrogens (tertiary/aromatic N) is 2. The average Bonchev–Trinajstić information content (AvgIpc) is 2.99. The number of carboxylic acid groups (broad SMARTS) is 1. The molecule has 23 heavy (non-hydrogen) atoms. The largest absolute Gasteiger partial charge is 0.478 e. The number of hydrogen-bond donors (Lipinski definition) is 2. The summed E-state index contributed by atoms with van der Waals surface area (Å²) in [6.45, 7) is 1.84. The summed E-state index contributed by atoms with van der Waals surface area (Å²) in [7, 11) is 0. The molecule has 6 nitrogen and oxygen atoms in total. The first-order valence-corrected chi connectivity index (χ1v) is 7.13. The fourth-order valence-electron chi connectivity index (χ4n) is 2.32. The van der Waals surface area contributed by atoms with Crippen molar-refractivity contribution in [3.8, 4) is 0 Å². The van der Waals surface area contributed by atoms with E-state index in [0.717, 1.165) is 11.1 Å². The number of carboxylic acids is 1. The second-order valence-corrected chi connectivity index (χ2v) is 5.22. The normalized spacial score (nSPS) is 12.0. The van der Waals surface area contributed by atoms with Gasteiger partial charge in [-0.3, -0.25) is 4.79 Å². The van der Waals surface area contributed by atoms with Crippen LogP contribution in [-0.4, -0.2) is 26.6 Å². The third-order valence-corrected chi connectivity index (χ3v) is 3.61. The van der Waals surface area contributed by atoms with E-state index in [1.165, 1.54) is 12.1 Å². The zero-order valence-electron chi connectivity index (χ0n) is 12.4. The molecule has 0 saturated heterocycles. The van der Waals surface area contributed by atoms with Gasteiger partial charge in [-0.2, -0.15) is 5.10 Å². The lowest BCUT2D eigenvalue weighted by Gasteiger charge is -2.13. The van der Waals surface area contributed by atoms with Gasteiger partial charge in [0, 0.05) is 6.20 Å². The maximum Gasteiger partial charge on any atom is 0.335 e. The highest BCUT2D eigenvalue weighted by Crippen LogP contribution is 2.15. The number of carbonyl (C=O) groups excluding carboxylic acids is 1. The summed E-state index contributed by atoms with van der Waals surface area (Å²) in [5.41, 5.74) is 2.22. The minimum Gasteiger partial charge on any atom is -0.478 e. The van der Waals surface area contributed by atoms with Crippen LogP contribution in [0.3, 0.4) is 0 Å². The molecule has 2 aromatic heterocycles. The molecule has 2 heterocycles. The molecule has 1 aromatic carbocycles. The van der Waals surface area contributed by atoms with Crippen LogP contribution >= 0.6 is 0 Å². The number of carbonyl (C=O) groups is 2. The van der Waals surface area contributed by atoms with Crippen molar-refractivity contribution in [2.24, 2.45) is 0 Å². The summed E-state index contributed by atoms with van der Waals surface area (Å²) in [5, 5.41) is 16.0. The lowest BCUT2D eigenvalue weighted by atomic mass is 10.1. The van der Waals surface area contributed by atoms with Gasteiger partial charge in [0.2, 0.25) is 0 Å². The Morgan fingerprint density at radius 3 is 2.57 bits per heavy atom. The molecule has 0 aliphatic carbocycles. The molecule has 0 aliphatic heterocycles. The van der Waals surface area contributed by atoms with Crippen LogP contribution in [0.5, 0.6) is 0 Å². The van der Waals surface area contributed by atoms with Crippen molar-refractivity contribution in [3.63, 3.8) is 0 Å². The highest BCUT2D eigenvalue weighted by molar-refractivity contribution is 5.93. The van der Waals surface area contributed by atoms with Crippen LogP contribution in [0.15, 0.2) is 54.7 Å². The molecule has 0 bridgehead atoms. The molecule has 1 atom stereocenters. The van der Waals surface area contributed by atoms with Crippen LogP contribution in [0, 0.1) is 0 Å². The molecule has 116 valence electrons. The molecule has 6 heteroatoms. The van der Waals surface area contributed by atoms with Crippen LogP contribution < -0.4 is 5.32 Å². The van der Waals surface area contributed by atoms with E-state index in [2.05, 4.69) is 10.4 Å². The van der Waals surface area contributed by atoms with E-state index >= 15 is 0 Å². The van der Waals surface area contributed by atoms with Gasteiger partial charge in [0.15, 0.2) is 5.69 Å². The van der Waals surface area contributed by atoms with E-state index in [1.807, 2.05) is 25.1 Å². The number of aromatic nitrogens is 2. The van der Waals surface area contributed by atoms with Gasteiger partial charge in [-0.1, -0.05) is 18.2 Å². The number of rotatable bonds is 4. The molecule has 0 radical (unpaired) electrons. The Hall–Kier alpha value is -3.15. The molecule has 0 fully saturated rings. The topological polar surface area (TPSA) is 83.7 Å². The van der Waals surface area contributed by atoms with Gasteiger partial charge < -0.3 is 10.4 Å². The lowest BCUT2D eigenvalue weighted by Crippen LogP contribution is -2.27. The minimum atomic E-state index is -0.974. The summed E-state index contributed by atoms with van der Waals surface area (Å²) in [4.78, 5) is 23.1. The van der Waals surface area contributed by atoms with E-state index in [4.69, 9.17) is 5.11 Å². The zero-order valence-corrected chi connectivity index (χ0v) is 12.4. The Balaban J connectivity index is 1.74. The Labute approximate surface area is 132 Å². The Kier molecular flexibility index (Phi) is 3.80. The predicted octanol–water partition coefficient (Wildman–Crippen LogP) is 2.52. The molecule has 0 saturated carbocycles. The summed E-state index contributed by atoms with van der Waals surface area (Å²) in [5.74, 6) is -1.25. The van der Waals surface area contributed by atoms with Crippen LogP contribution in [0.4, 0.5) is 0 Å². The quantitative estimate of drug-likeness (QED) is 0.775. The molecule has 1 amide bonds. The molecule has 1 unspecified atom stereocenters. The van der Waals surface area contributed by atoms with Crippen molar-refractivity contribution in [2.75, 3.05) is 0 Å². The van der Waals surface area contributed by atoms with Crippen molar-refractivity contribution in [2.45, 2.75) is 13.0 Å². The van der Waals surface area contributed by atoms with Gasteiger partial charge in [-0.25, -0.2) is 9.31 Å². The van der Waals surface area contributed by atoms with Gasteiger partial charge in [0.1, 0.15) is 0 Å². The Morgan fingerprint density at radius 1 is 1.17 bits per heavy atom. The first kappa shape index (κ1) is 14.8. The Morgan fingerprint density at radius 2 is 1.91 bits per heavy atom. The van der Waals surface area contributed by atoms with Crippen molar-refractivity contribution in [1.29, 1.82) is 0 Å². The molecule has 0 spiro atoms. The first-order chi connectivity index (χ1) is 11.0. The van der Waals surface area contributed by atoms with Gasteiger partial charge in [-0.15, -0.1) is 0 Å². The van der Waals surface area contributed by atoms with Crippen molar-refractivity contribution < 1.29 is 14.7 Å². The van der Waals surface area contributed by atoms with Gasteiger partial charge >= 0.3 is 5.97 Å². The van der Waals surface area contributed by atoms with Crippen LogP contribution in [0.1, 0.15) is 39.4 Å². The SMILES string of the molecule is CC(NC(=O)c1cc2ccccn2n1)c1ccc(C(=O)O)cc1. The number of benzene rings is 1. The first-order valence-electron chi connectivity index (χ1n) is 7.13. The van der Waals surface area contributed by atoms with E-state index in [9.17, 15) is 9.59 Å². The molecular formula is C17H15N3O3. The van der Waals surface area contributed by atoms with Gasteiger partial charge in [-0.05, 0) is 42.8 Å². The maximum absolute atomic E-state index is 12.3. The third kappa shape index (κ3) is 3.06. The number of amides is 1. The predicted molar refractivity (Wildman–Crippen MR) is 84.5 cm³/mol. The molecular weight excluding hydrogens is 294 g/mol. The maximum atomic E-state index is 12.3. The molecule has 2 N–H and O–H groups in total. The van der Waals surface area contributed by atoms with Gasteiger partial charge in [0.05, 0.1) is 17.1 Å². The minimum absolute atomic E-state index is 0.215. The number of pyridine rings is 1. The number of aromatic carboxylic acids is 1. The van der Waals surface area contributed by atoms with Crippen LogP contribution in [-0.2, 0) is 0 Å². The Bertz CT molecular complexity index is 835. The van der Waals surface area contributed by atoms with Crippen molar-refractivity contribution in [3.05, 3.63) is 71.5 Å². The van der Waals surface area contributed by atoms with E-state index in [-0.39, 0.29) is 17.5 Å². The third-order valence-electron chi connectivity index (χ3n) is 3.61. The fraction of sp³-hybridized carbons (Fsp3) is 0.118. The summed E-state index contributed by atoms with van der Waals surface area (Å²) >= 11 is 0. The number of hydrogen-bond acceptors (Lipinski definition) is 3. The number of nitrogens with one attached hydrogen (secondary N) is 1. The summed E-state index contributed by atoms with van der Waals surface area (Å²) in [6, 6.07) is 13.5.